The van der Waals surface area contributed by atoms with Gasteiger partial charge in [-0.25, -0.2) is 4.98 Å². The first-order chi connectivity index (χ1) is 14.6. The van der Waals surface area contributed by atoms with Gasteiger partial charge in [0.05, 0.1) is 11.4 Å². The van der Waals surface area contributed by atoms with Crippen molar-refractivity contribution in [1.29, 1.82) is 0 Å². The second-order valence-corrected chi connectivity index (χ2v) is 8.73. The Morgan fingerprint density at radius 3 is 2.67 bits per heavy atom. The zero-order valence-corrected chi connectivity index (χ0v) is 18.3. The number of aryl methyl sites for hydroxylation is 1. The van der Waals surface area contributed by atoms with Crippen molar-refractivity contribution in [3.63, 3.8) is 0 Å². The summed E-state index contributed by atoms with van der Waals surface area (Å²) in [4.78, 5) is 27.1. The largest absolute Gasteiger partial charge is 0.347 e. The molecule has 7 heteroatoms. The number of rotatable bonds is 6. The van der Waals surface area contributed by atoms with Gasteiger partial charge in [0.1, 0.15) is 9.88 Å². The smallest absolute Gasteiger partial charge is 0.263 e. The van der Waals surface area contributed by atoms with Crippen LogP contribution in [0.3, 0.4) is 0 Å². The van der Waals surface area contributed by atoms with Crippen LogP contribution in [0.4, 0.5) is 0 Å². The van der Waals surface area contributed by atoms with Gasteiger partial charge < -0.3 is 10.2 Å². The van der Waals surface area contributed by atoms with Crippen molar-refractivity contribution in [2.24, 2.45) is 0 Å². The Hall–Kier alpha value is -2.61. The molecule has 1 N–H and O–H groups in total. The van der Waals surface area contributed by atoms with E-state index in [0.717, 1.165) is 54.7 Å². The summed E-state index contributed by atoms with van der Waals surface area (Å²) in [5.74, 6) is -0.0864. The Morgan fingerprint density at radius 2 is 1.90 bits per heavy atom. The van der Waals surface area contributed by atoms with Crippen LogP contribution in [-0.4, -0.2) is 58.9 Å². The topological polar surface area (TPSA) is 61.4 Å². The number of nitrogens with one attached hydrogen (secondary N) is 1. The third kappa shape index (κ3) is 5.11. The first-order valence-corrected chi connectivity index (χ1v) is 11.1. The molecule has 1 amide bonds. The molecule has 0 atom stereocenters. The van der Waals surface area contributed by atoms with Crippen LogP contribution in [0.1, 0.15) is 26.5 Å². The summed E-state index contributed by atoms with van der Waals surface area (Å²) < 4.78 is 0. The Balaban J connectivity index is 1.37. The SMILES string of the molecule is Cc1nc(-c2ccccn2)sc1C(=O)NCc1cccc(CN2CCN(C)CC2)c1. The summed E-state index contributed by atoms with van der Waals surface area (Å²) in [7, 11) is 2.17. The number of piperazine rings is 1. The van der Waals surface area contributed by atoms with Crippen LogP contribution >= 0.6 is 11.3 Å². The highest BCUT2D eigenvalue weighted by Crippen LogP contribution is 2.26. The molecule has 0 saturated carbocycles. The molecular weight excluding hydrogens is 394 g/mol. The maximum Gasteiger partial charge on any atom is 0.263 e. The quantitative estimate of drug-likeness (QED) is 0.662. The summed E-state index contributed by atoms with van der Waals surface area (Å²) in [6, 6.07) is 14.2. The highest BCUT2D eigenvalue weighted by Gasteiger charge is 2.17. The predicted octanol–water partition coefficient (Wildman–Crippen LogP) is 3.19. The van der Waals surface area contributed by atoms with Crippen molar-refractivity contribution in [3.8, 4) is 10.7 Å². The molecule has 0 spiro atoms. The van der Waals surface area contributed by atoms with Crippen LogP contribution in [0.15, 0.2) is 48.7 Å². The van der Waals surface area contributed by atoms with E-state index in [-0.39, 0.29) is 5.91 Å². The summed E-state index contributed by atoms with van der Waals surface area (Å²) in [6.45, 7) is 7.76. The van der Waals surface area contributed by atoms with Crippen LogP contribution in [0.25, 0.3) is 10.7 Å². The number of pyridine rings is 1. The lowest BCUT2D eigenvalue weighted by molar-refractivity contribution is 0.0954. The molecule has 0 radical (unpaired) electrons. The van der Waals surface area contributed by atoms with Gasteiger partial charge in [-0.05, 0) is 37.2 Å². The molecule has 1 aliphatic rings. The zero-order chi connectivity index (χ0) is 20.9. The van der Waals surface area contributed by atoms with Crippen molar-refractivity contribution in [2.75, 3.05) is 33.2 Å². The first-order valence-electron chi connectivity index (χ1n) is 10.2. The number of thiazole rings is 1. The van der Waals surface area contributed by atoms with Gasteiger partial charge in [-0.2, -0.15) is 0 Å². The molecule has 0 aliphatic carbocycles. The molecular formula is C23H27N5OS. The van der Waals surface area contributed by atoms with Gasteiger partial charge in [-0.15, -0.1) is 11.3 Å². The molecule has 2 aromatic heterocycles. The summed E-state index contributed by atoms with van der Waals surface area (Å²) in [5, 5.41) is 3.82. The van der Waals surface area contributed by atoms with E-state index < -0.39 is 0 Å². The fraction of sp³-hybridized carbons (Fsp3) is 0.348. The van der Waals surface area contributed by atoms with Gasteiger partial charge in [0, 0.05) is 45.5 Å². The molecule has 30 heavy (non-hydrogen) atoms. The highest BCUT2D eigenvalue weighted by molar-refractivity contribution is 7.17. The van der Waals surface area contributed by atoms with E-state index in [1.54, 1.807) is 6.20 Å². The summed E-state index contributed by atoms with van der Waals surface area (Å²) in [6.07, 6.45) is 1.74. The Kier molecular flexibility index (Phi) is 6.52. The molecule has 6 nitrogen and oxygen atoms in total. The third-order valence-electron chi connectivity index (χ3n) is 5.33. The number of likely N-dealkylation sites (N-methyl/N-ethyl adjacent to an activating group) is 1. The van der Waals surface area contributed by atoms with Gasteiger partial charge in [0.2, 0.25) is 0 Å². The molecule has 1 saturated heterocycles. The van der Waals surface area contributed by atoms with E-state index in [0.29, 0.717) is 11.4 Å². The number of benzene rings is 1. The normalized spacial score (nSPS) is 15.3. The van der Waals surface area contributed by atoms with E-state index in [2.05, 4.69) is 56.4 Å². The van der Waals surface area contributed by atoms with Crippen molar-refractivity contribution in [1.82, 2.24) is 25.1 Å². The monoisotopic (exact) mass is 421 g/mol. The standard InChI is InChI=1S/C23H27N5OS/c1-17-21(30-23(26-17)20-8-3-4-9-24-20)22(29)25-15-18-6-5-7-19(14-18)16-28-12-10-27(2)11-13-28/h3-9,14H,10-13,15-16H2,1-2H3,(H,25,29). The van der Waals surface area contributed by atoms with E-state index >= 15 is 0 Å². The van der Waals surface area contributed by atoms with Crippen LogP contribution in [-0.2, 0) is 13.1 Å². The first kappa shape index (κ1) is 20.7. The van der Waals surface area contributed by atoms with Crippen molar-refractivity contribution >= 4 is 17.2 Å². The highest BCUT2D eigenvalue weighted by atomic mass is 32.1. The number of nitrogens with zero attached hydrogens (tertiary/aromatic N) is 4. The van der Waals surface area contributed by atoms with Gasteiger partial charge in [-0.1, -0.05) is 30.3 Å². The number of carbonyl (C=O) groups excluding carboxylic acids is 1. The van der Waals surface area contributed by atoms with Gasteiger partial charge in [-0.3, -0.25) is 14.7 Å². The molecule has 1 aliphatic heterocycles. The summed E-state index contributed by atoms with van der Waals surface area (Å²) >= 11 is 1.39. The Labute approximate surface area is 181 Å². The van der Waals surface area contributed by atoms with Crippen LogP contribution in [0.5, 0.6) is 0 Å². The van der Waals surface area contributed by atoms with E-state index in [1.807, 2.05) is 25.1 Å². The van der Waals surface area contributed by atoms with Crippen molar-refractivity contribution in [2.45, 2.75) is 20.0 Å². The Bertz CT molecular complexity index is 996. The van der Waals surface area contributed by atoms with E-state index in [4.69, 9.17) is 0 Å². The fourth-order valence-corrected chi connectivity index (χ4v) is 4.53. The Morgan fingerprint density at radius 1 is 1.10 bits per heavy atom. The average molecular weight is 422 g/mol. The molecule has 1 aromatic carbocycles. The minimum atomic E-state index is -0.0864. The van der Waals surface area contributed by atoms with Crippen LogP contribution in [0.2, 0.25) is 0 Å². The van der Waals surface area contributed by atoms with Crippen molar-refractivity contribution in [3.05, 3.63) is 70.4 Å². The van der Waals surface area contributed by atoms with Gasteiger partial charge >= 0.3 is 0 Å². The maximum atomic E-state index is 12.7. The lowest BCUT2D eigenvalue weighted by Gasteiger charge is -2.32. The minimum absolute atomic E-state index is 0.0864. The zero-order valence-electron chi connectivity index (χ0n) is 17.5. The molecule has 3 heterocycles. The molecule has 4 rings (SSSR count). The molecule has 3 aromatic rings. The lowest BCUT2D eigenvalue weighted by Crippen LogP contribution is -2.43. The van der Waals surface area contributed by atoms with Crippen molar-refractivity contribution < 1.29 is 4.79 Å². The number of amides is 1. The van der Waals surface area contributed by atoms with Gasteiger partial charge in [0.25, 0.3) is 5.91 Å². The maximum absolute atomic E-state index is 12.7. The molecule has 1 fully saturated rings. The average Bonchev–Trinajstić information content (AvgIpc) is 3.16. The fourth-order valence-electron chi connectivity index (χ4n) is 3.57. The number of carbonyl (C=O) groups is 1. The molecule has 0 unspecified atom stereocenters. The van der Waals surface area contributed by atoms with E-state index in [9.17, 15) is 4.79 Å². The minimum Gasteiger partial charge on any atom is -0.347 e. The second-order valence-electron chi connectivity index (χ2n) is 7.73. The second kappa shape index (κ2) is 9.47. The number of hydrogen-bond donors (Lipinski definition) is 1. The van der Waals surface area contributed by atoms with Crippen LogP contribution in [0, 0.1) is 6.92 Å². The third-order valence-corrected chi connectivity index (χ3v) is 6.51. The molecule has 0 bridgehead atoms. The summed E-state index contributed by atoms with van der Waals surface area (Å²) in [5.41, 5.74) is 3.93. The van der Waals surface area contributed by atoms with Gasteiger partial charge in [0.15, 0.2) is 0 Å². The van der Waals surface area contributed by atoms with E-state index in [1.165, 1.54) is 16.9 Å². The number of aromatic nitrogens is 2. The number of hydrogen-bond acceptors (Lipinski definition) is 6. The van der Waals surface area contributed by atoms with Crippen LogP contribution < -0.4 is 5.32 Å². The molecule has 156 valence electrons. The predicted molar refractivity (Wildman–Crippen MR) is 120 cm³/mol. The lowest BCUT2D eigenvalue weighted by atomic mass is 10.1.